The molecule has 5 rings (SSSR count). The maximum absolute atomic E-state index is 13.6. The van der Waals surface area contributed by atoms with Crippen molar-refractivity contribution in [3.05, 3.63) is 53.7 Å². The summed E-state index contributed by atoms with van der Waals surface area (Å²) in [6.07, 6.45) is 2.69. The van der Waals surface area contributed by atoms with Gasteiger partial charge in [0, 0.05) is 22.3 Å². The average molecular weight is 407 g/mol. The minimum atomic E-state index is -1.05. The quantitative estimate of drug-likeness (QED) is 0.524. The fraction of sp³-hybridized carbons (Fsp3) is 0.273. The van der Waals surface area contributed by atoms with Crippen LogP contribution in [-0.4, -0.2) is 41.7 Å². The van der Waals surface area contributed by atoms with Gasteiger partial charge in [-0.3, -0.25) is 4.79 Å². The molecule has 29 heavy (non-hydrogen) atoms. The summed E-state index contributed by atoms with van der Waals surface area (Å²) in [5.41, 5.74) is 2.39. The standard InChI is InChI=1S/C22H21N3O3S/c1-22-19-16(17-12-14(28-2)6-9-18(17)23-19)10-11-24(22)21(27)25(20(22)26)13-4-7-15(29-3)8-5-13/h4-9,12,23H,10-11H2,1-3H3/t22-/m1/s1. The topological polar surface area (TPSA) is 65.6 Å². The smallest absolute Gasteiger partial charge is 0.332 e. The van der Waals surface area contributed by atoms with Crippen molar-refractivity contribution in [1.82, 2.24) is 9.88 Å². The van der Waals surface area contributed by atoms with Gasteiger partial charge in [-0.25, -0.2) is 9.69 Å². The van der Waals surface area contributed by atoms with E-state index in [-0.39, 0.29) is 11.9 Å². The molecule has 148 valence electrons. The van der Waals surface area contributed by atoms with E-state index in [0.29, 0.717) is 18.7 Å². The Bertz CT molecular complexity index is 1150. The number of urea groups is 1. The van der Waals surface area contributed by atoms with Crippen LogP contribution in [0.5, 0.6) is 5.75 Å². The fourth-order valence-electron chi connectivity index (χ4n) is 4.50. The van der Waals surface area contributed by atoms with Gasteiger partial charge in [0.05, 0.1) is 18.5 Å². The molecule has 3 heterocycles. The highest BCUT2D eigenvalue weighted by Crippen LogP contribution is 2.45. The number of thioether (sulfide) groups is 1. The summed E-state index contributed by atoms with van der Waals surface area (Å²) < 4.78 is 5.37. The van der Waals surface area contributed by atoms with Crippen molar-refractivity contribution in [2.24, 2.45) is 0 Å². The van der Waals surface area contributed by atoms with Crippen LogP contribution in [0, 0.1) is 0 Å². The number of carbonyl (C=O) groups is 2. The number of carbonyl (C=O) groups excluding carboxylic acids is 2. The van der Waals surface area contributed by atoms with Crippen molar-refractivity contribution in [3.8, 4) is 5.75 Å². The van der Waals surface area contributed by atoms with Gasteiger partial charge < -0.3 is 14.6 Å². The number of benzene rings is 2. The van der Waals surface area contributed by atoms with Crippen LogP contribution in [0.15, 0.2) is 47.4 Å². The number of imide groups is 1. The van der Waals surface area contributed by atoms with Gasteiger partial charge in [0.15, 0.2) is 5.54 Å². The lowest BCUT2D eigenvalue weighted by Crippen LogP contribution is -2.49. The molecule has 0 aliphatic carbocycles. The summed E-state index contributed by atoms with van der Waals surface area (Å²) in [6.45, 7) is 2.34. The maximum atomic E-state index is 13.6. The number of amides is 3. The fourth-order valence-corrected chi connectivity index (χ4v) is 4.91. The molecule has 1 N–H and O–H groups in total. The van der Waals surface area contributed by atoms with E-state index in [0.717, 1.165) is 32.8 Å². The van der Waals surface area contributed by atoms with Gasteiger partial charge in [0.2, 0.25) is 0 Å². The van der Waals surface area contributed by atoms with E-state index < -0.39 is 5.54 Å². The van der Waals surface area contributed by atoms with Gasteiger partial charge >= 0.3 is 6.03 Å². The summed E-state index contributed by atoms with van der Waals surface area (Å²) in [5, 5.41) is 1.04. The number of methoxy groups -OCH3 is 1. The first-order chi connectivity index (χ1) is 14.0. The summed E-state index contributed by atoms with van der Waals surface area (Å²) in [4.78, 5) is 34.3. The van der Waals surface area contributed by atoms with Crippen LogP contribution in [0.4, 0.5) is 10.5 Å². The molecule has 0 spiro atoms. The molecule has 6 nitrogen and oxygen atoms in total. The Kier molecular flexibility index (Phi) is 3.93. The van der Waals surface area contributed by atoms with Gasteiger partial charge in [-0.2, -0.15) is 0 Å². The van der Waals surface area contributed by atoms with Crippen LogP contribution in [0.25, 0.3) is 10.9 Å². The number of hydrogen-bond acceptors (Lipinski definition) is 4. The Labute approximate surface area is 172 Å². The lowest BCUT2D eigenvalue weighted by molar-refractivity contribution is -0.125. The molecule has 0 bridgehead atoms. The molecule has 0 unspecified atom stereocenters. The molecule has 1 aromatic heterocycles. The zero-order valence-electron chi connectivity index (χ0n) is 16.5. The van der Waals surface area contributed by atoms with Crippen LogP contribution in [0.3, 0.4) is 0 Å². The molecule has 7 heteroatoms. The third-order valence-electron chi connectivity index (χ3n) is 6.10. The normalized spacial score (nSPS) is 20.9. The van der Waals surface area contributed by atoms with Crippen molar-refractivity contribution in [3.63, 3.8) is 0 Å². The number of anilines is 1. The van der Waals surface area contributed by atoms with Crippen molar-refractivity contribution >= 4 is 40.3 Å². The molecule has 2 aliphatic heterocycles. The minimum Gasteiger partial charge on any atom is -0.497 e. The molecule has 1 saturated heterocycles. The Morgan fingerprint density at radius 1 is 1.14 bits per heavy atom. The van der Waals surface area contributed by atoms with E-state index in [4.69, 9.17) is 4.74 Å². The van der Waals surface area contributed by atoms with E-state index in [9.17, 15) is 9.59 Å². The van der Waals surface area contributed by atoms with Crippen LogP contribution < -0.4 is 9.64 Å². The lowest BCUT2D eigenvalue weighted by atomic mass is 9.87. The van der Waals surface area contributed by atoms with E-state index in [1.165, 1.54) is 4.90 Å². The predicted molar refractivity (Wildman–Crippen MR) is 114 cm³/mol. The number of nitrogens with one attached hydrogen (secondary N) is 1. The van der Waals surface area contributed by atoms with Gasteiger partial charge in [0.1, 0.15) is 5.75 Å². The second-order valence-electron chi connectivity index (χ2n) is 7.49. The highest BCUT2D eigenvalue weighted by Gasteiger charge is 2.59. The monoisotopic (exact) mass is 407 g/mol. The second-order valence-corrected chi connectivity index (χ2v) is 8.36. The molecular formula is C22H21N3O3S. The van der Waals surface area contributed by atoms with Crippen LogP contribution in [-0.2, 0) is 16.8 Å². The molecule has 1 atom stereocenters. The van der Waals surface area contributed by atoms with Crippen LogP contribution >= 0.6 is 11.8 Å². The van der Waals surface area contributed by atoms with Crippen molar-refractivity contribution in [2.45, 2.75) is 23.8 Å². The average Bonchev–Trinajstić information content (AvgIpc) is 3.21. The lowest BCUT2D eigenvalue weighted by Gasteiger charge is -2.35. The number of aromatic nitrogens is 1. The summed E-state index contributed by atoms with van der Waals surface area (Å²) >= 11 is 1.62. The zero-order valence-corrected chi connectivity index (χ0v) is 17.3. The Balaban J connectivity index is 1.64. The van der Waals surface area contributed by atoms with E-state index >= 15 is 0 Å². The highest BCUT2D eigenvalue weighted by atomic mass is 32.2. The van der Waals surface area contributed by atoms with Gasteiger partial charge in [0.25, 0.3) is 5.91 Å². The first-order valence-corrected chi connectivity index (χ1v) is 10.7. The SMILES string of the molecule is COc1ccc2[nH]c3c(c2c1)CCN1C(=O)N(c2ccc(SC)cc2)C(=O)[C@@]31C. The summed E-state index contributed by atoms with van der Waals surface area (Å²) in [7, 11) is 1.64. The summed E-state index contributed by atoms with van der Waals surface area (Å²) in [6, 6.07) is 13.1. The third kappa shape index (κ3) is 2.37. The molecular weight excluding hydrogens is 386 g/mol. The zero-order chi connectivity index (χ0) is 20.3. The van der Waals surface area contributed by atoms with Gasteiger partial charge in [-0.15, -0.1) is 11.8 Å². The number of nitrogens with zero attached hydrogens (tertiary/aromatic N) is 2. The highest BCUT2D eigenvalue weighted by molar-refractivity contribution is 7.98. The predicted octanol–water partition coefficient (Wildman–Crippen LogP) is 4.14. The van der Waals surface area contributed by atoms with E-state index in [1.807, 2.05) is 55.6 Å². The van der Waals surface area contributed by atoms with E-state index in [1.54, 1.807) is 23.8 Å². The van der Waals surface area contributed by atoms with Crippen molar-refractivity contribution in [1.29, 1.82) is 0 Å². The summed E-state index contributed by atoms with van der Waals surface area (Å²) in [5.74, 6) is 0.551. The molecule has 2 aromatic carbocycles. The van der Waals surface area contributed by atoms with Gasteiger partial charge in [-0.1, -0.05) is 0 Å². The Hall–Kier alpha value is -2.93. The number of hydrogen-bond donors (Lipinski definition) is 1. The largest absolute Gasteiger partial charge is 0.497 e. The molecule has 1 fully saturated rings. The molecule has 0 saturated carbocycles. The number of rotatable bonds is 3. The third-order valence-corrected chi connectivity index (χ3v) is 6.84. The Morgan fingerprint density at radius 2 is 1.90 bits per heavy atom. The van der Waals surface area contributed by atoms with Crippen LogP contribution in [0.1, 0.15) is 18.2 Å². The molecule has 3 aromatic rings. The van der Waals surface area contributed by atoms with Crippen LogP contribution in [0.2, 0.25) is 0 Å². The van der Waals surface area contributed by atoms with Crippen molar-refractivity contribution < 1.29 is 14.3 Å². The van der Waals surface area contributed by atoms with Gasteiger partial charge in [-0.05, 0) is 67.6 Å². The number of ether oxygens (including phenoxy) is 1. The second kappa shape index (κ2) is 6.29. The Morgan fingerprint density at radius 3 is 2.59 bits per heavy atom. The maximum Gasteiger partial charge on any atom is 0.332 e. The number of aromatic amines is 1. The number of H-pyrrole nitrogens is 1. The first-order valence-electron chi connectivity index (χ1n) is 9.48. The molecule has 0 radical (unpaired) electrons. The molecule has 3 amide bonds. The van der Waals surface area contributed by atoms with Crippen molar-refractivity contribution in [2.75, 3.05) is 24.8 Å². The molecule has 2 aliphatic rings. The first kappa shape index (κ1) is 18.1. The number of fused-ring (bicyclic) bond motifs is 5. The van der Waals surface area contributed by atoms with E-state index in [2.05, 4.69) is 4.98 Å². The minimum absolute atomic E-state index is 0.223.